The second kappa shape index (κ2) is 6.45. The van der Waals surface area contributed by atoms with Crippen LogP contribution in [0.2, 0.25) is 5.02 Å². The maximum atomic E-state index is 12.5. The summed E-state index contributed by atoms with van der Waals surface area (Å²) in [7, 11) is 3.19. The Bertz CT molecular complexity index is 878. The van der Waals surface area contributed by atoms with Gasteiger partial charge < -0.3 is 14.6 Å². The van der Waals surface area contributed by atoms with Crippen LogP contribution in [0.25, 0.3) is 11.0 Å². The van der Waals surface area contributed by atoms with Gasteiger partial charge in [0.15, 0.2) is 5.69 Å². The molecule has 0 aliphatic heterocycles. The molecule has 1 atom stereocenters. The number of carbonyl (C=O) groups excluding carboxylic acids is 1. The van der Waals surface area contributed by atoms with E-state index in [0.717, 1.165) is 11.0 Å². The molecule has 0 bridgehead atoms. The molecular weight excluding hydrogens is 330 g/mol. The van der Waals surface area contributed by atoms with Crippen molar-refractivity contribution in [3.05, 3.63) is 46.9 Å². The Hall–Kier alpha value is -2.67. The fourth-order valence-corrected chi connectivity index (χ4v) is 2.45. The van der Waals surface area contributed by atoms with Crippen LogP contribution >= 0.6 is 11.6 Å². The largest absolute Gasteiger partial charge is 0.480 e. The third-order valence-corrected chi connectivity index (χ3v) is 4.06. The van der Waals surface area contributed by atoms with Crippen molar-refractivity contribution in [3.8, 4) is 5.88 Å². The number of aromatic amines is 1. The van der Waals surface area contributed by atoms with E-state index in [1.165, 1.54) is 7.11 Å². The molecule has 0 aliphatic carbocycles. The number of H-pyrrole nitrogens is 1. The van der Waals surface area contributed by atoms with Gasteiger partial charge in [-0.3, -0.25) is 4.79 Å². The predicted octanol–water partition coefficient (Wildman–Crippen LogP) is 2.85. The Kier molecular flexibility index (Phi) is 4.35. The monoisotopic (exact) mass is 345 g/mol. The highest BCUT2D eigenvalue weighted by Crippen LogP contribution is 2.23. The third kappa shape index (κ3) is 3.03. The molecule has 124 valence electrons. The number of fused-ring (bicyclic) bond motifs is 1. The number of hydrogen-bond acceptors (Lipinski definition) is 5. The first-order valence-electron chi connectivity index (χ1n) is 7.29. The lowest BCUT2D eigenvalue weighted by Crippen LogP contribution is -2.31. The van der Waals surface area contributed by atoms with Gasteiger partial charge in [-0.25, -0.2) is 4.98 Å². The van der Waals surface area contributed by atoms with Crippen molar-refractivity contribution in [2.45, 2.75) is 13.0 Å². The average molecular weight is 346 g/mol. The highest BCUT2D eigenvalue weighted by Gasteiger charge is 2.23. The van der Waals surface area contributed by atoms with Gasteiger partial charge in [-0.1, -0.05) is 11.6 Å². The van der Waals surface area contributed by atoms with Crippen molar-refractivity contribution in [3.63, 3.8) is 0 Å². The van der Waals surface area contributed by atoms with Crippen LogP contribution in [0.15, 0.2) is 30.3 Å². The van der Waals surface area contributed by atoms with Gasteiger partial charge in [0, 0.05) is 18.1 Å². The third-order valence-electron chi connectivity index (χ3n) is 3.83. The molecule has 1 unspecified atom stereocenters. The molecular formula is C16H16ClN5O2. The number of nitrogens with one attached hydrogen (secondary N) is 1. The Morgan fingerprint density at radius 1 is 1.29 bits per heavy atom. The Morgan fingerprint density at radius 2 is 2.08 bits per heavy atom. The highest BCUT2D eigenvalue weighted by atomic mass is 35.5. The summed E-state index contributed by atoms with van der Waals surface area (Å²) in [6.07, 6.45) is 0. The van der Waals surface area contributed by atoms with Crippen molar-refractivity contribution in [1.82, 2.24) is 25.1 Å². The maximum absolute atomic E-state index is 12.5. The number of aromatic nitrogens is 4. The van der Waals surface area contributed by atoms with Crippen LogP contribution in [-0.2, 0) is 0 Å². The molecule has 1 aromatic carbocycles. The van der Waals surface area contributed by atoms with Gasteiger partial charge in [0.25, 0.3) is 5.91 Å². The summed E-state index contributed by atoms with van der Waals surface area (Å²) in [4.78, 5) is 21.8. The lowest BCUT2D eigenvalue weighted by molar-refractivity contribution is 0.0730. The molecule has 1 amide bonds. The van der Waals surface area contributed by atoms with Crippen molar-refractivity contribution >= 4 is 28.5 Å². The summed E-state index contributed by atoms with van der Waals surface area (Å²) in [5.41, 5.74) is 1.87. The van der Waals surface area contributed by atoms with E-state index in [-0.39, 0.29) is 17.6 Å². The van der Waals surface area contributed by atoms with Crippen molar-refractivity contribution < 1.29 is 9.53 Å². The first kappa shape index (κ1) is 16.2. The summed E-state index contributed by atoms with van der Waals surface area (Å²) in [6.45, 7) is 1.88. The van der Waals surface area contributed by atoms with E-state index in [1.54, 1.807) is 36.2 Å². The molecule has 3 rings (SSSR count). The fraction of sp³-hybridized carbons (Fsp3) is 0.250. The Morgan fingerprint density at radius 3 is 2.75 bits per heavy atom. The van der Waals surface area contributed by atoms with Crippen LogP contribution in [0, 0.1) is 0 Å². The zero-order valence-corrected chi connectivity index (χ0v) is 14.2. The summed E-state index contributed by atoms with van der Waals surface area (Å²) in [5.74, 6) is 0.775. The number of amides is 1. The summed E-state index contributed by atoms with van der Waals surface area (Å²) >= 11 is 5.99. The zero-order valence-electron chi connectivity index (χ0n) is 13.4. The Labute approximate surface area is 143 Å². The average Bonchev–Trinajstić information content (AvgIpc) is 3.03. The quantitative estimate of drug-likeness (QED) is 0.786. The molecule has 0 saturated carbocycles. The van der Waals surface area contributed by atoms with Crippen molar-refractivity contribution in [1.29, 1.82) is 0 Å². The topological polar surface area (TPSA) is 84.0 Å². The predicted molar refractivity (Wildman–Crippen MR) is 90.2 cm³/mol. The fourth-order valence-electron chi connectivity index (χ4n) is 2.28. The number of carbonyl (C=O) groups is 1. The molecule has 0 saturated heterocycles. The summed E-state index contributed by atoms with van der Waals surface area (Å²) < 4.78 is 4.95. The van der Waals surface area contributed by atoms with Crippen LogP contribution in [0.1, 0.15) is 29.3 Å². The molecule has 0 fully saturated rings. The van der Waals surface area contributed by atoms with Crippen molar-refractivity contribution in [2.75, 3.05) is 14.2 Å². The van der Waals surface area contributed by atoms with E-state index in [4.69, 9.17) is 16.3 Å². The van der Waals surface area contributed by atoms with E-state index < -0.39 is 0 Å². The van der Waals surface area contributed by atoms with E-state index in [9.17, 15) is 4.79 Å². The van der Waals surface area contributed by atoms with Gasteiger partial charge in [-0.15, -0.1) is 10.2 Å². The normalized spacial score (nSPS) is 12.2. The summed E-state index contributed by atoms with van der Waals surface area (Å²) in [6, 6.07) is 8.32. The van der Waals surface area contributed by atoms with E-state index in [2.05, 4.69) is 20.2 Å². The first-order chi connectivity index (χ1) is 11.5. The van der Waals surface area contributed by atoms with Crippen LogP contribution in [0.3, 0.4) is 0 Å². The number of benzene rings is 1. The number of hydrogen-bond donors (Lipinski definition) is 1. The van der Waals surface area contributed by atoms with E-state index >= 15 is 0 Å². The molecule has 0 aliphatic rings. The minimum Gasteiger partial charge on any atom is -0.480 e. The lowest BCUT2D eigenvalue weighted by atomic mass is 10.2. The summed E-state index contributed by atoms with van der Waals surface area (Å²) in [5, 5.41) is 8.33. The van der Waals surface area contributed by atoms with Gasteiger partial charge >= 0.3 is 0 Å². The molecule has 1 N–H and O–H groups in total. The number of halogens is 1. The van der Waals surface area contributed by atoms with Crippen LogP contribution < -0.4 is 4.74 Å². The SMILES string of the molecule is COc1ccc(C(=O)N(C)C(C)c2nc3ccc(Cl)cc3[nH]2)nn1. The second-order valence-corrected chi connectivity index (χ2v) is 5.77. The van der Waals surface area contributed by atoms with Gasteiger partial charge in [0.1, 0.15) is 5.82 Å². The number of ether oxygens (including phenoxy) is 1. The molecule has 2 heterocycles. The van der Waals surface area contributed by atoms with Crippen LogP contribution in [0.4, 0.5) is 0 Å². The minimum atomic E-state index is -0.271. The van der Waals surface area contributed by atoms with Crippen molar-refractivity contribution in [2.24, 2.45) is 0 Å². The first-order valence-corrected chi connectivity index (χ1v) is 7.67. The lowest BCUT2D eigenvalue weighted by Gasteiger charge is -2.22. The zero-order chi connectivity index (χ0) is 17.3. The molecule has 24 heavy (non-hydrogen) atoms. The number of nitrogens with zero attached hydrogens (tertiary/aromatic N) is 4. The van der Waals surface area contributed by atoms with Gasteiger partial charge in [-0.05, 0) is 31.2 Å². The number of rotatable bonds is 4. The number of imidazole rings is 1. The van der Waals surface area contributed by atoms with E-state index in [1.807, 2.05) is 13.0 Å². The number of methoxy groups -OCH3 is 1. The molecule has 8 heteroatoms. The molecule has 3 aromatic rings. The molecule has 2 aromatic heterocycles. The Balaban J connectivity index is 1.83. The maximum Gasteiger partial charge on any atom is 0.274 e. The highest BCUT2D eigenvalue weighted by molar-refractivity contribution is 6.31. The molecule has 7 nitrogen and oxygen atoms in total. The van der Waals surface area contributed by atoms with Crippen LogP contribution in [-0.4, -0.2) is 45.1 Å². The molecule has 0 spiro atoms. The van der Waals surface area contributed by atoms with Gasteiger partial charge in [0.2, 0.25) is 5.88 Å². The van der Waals surface area contributed by atoms with Crippen LogP contribution in [0.5, 0.6) is 5.88 Å². The van der Waals surface area contributed by atoms with E-state index in [0.29, 0.717) is 16.7 Å². The standard InChI is InChI=1S/C16H16ClN5O2/c1-9(15-18-11-5-4-10(17)8-13(11)19-15)22(2)16(23)12-6-7-14(24-3)21-20-12/h4-9H,1-3H3,(H,18,19). The van der Waals surface area contributed by atoms with Gasteiger partial charge in [0.05, 0.1) is 24.2 Å². The second-order valence-electron chi connectivity index (χ2n) is 5.34. The van der Waals surface area contributed by atoms with Gasteiger partial charge in [-0.2, -0.15) is 0 Å². The molecule has 0 radical (unpaired) electrons. The minimum absolute atomic E-state index is 0.240. The smallest absolute Gasteiger partial charge is 0.274 e.